The molecule has 0 atom stereocenters. The fourth-order valence-corrected chi connectivity index (χ4v) is 2.23. The Morgan fingerprint density at radius 1 is 1.28 bits per heavy atom. The first-order valence-electron chi connectivity index (χ1n) is 5.58. The molecule has 0 aliphatic rings. The highest BCUT2D eigenvalue weighted by Gasteiger charge is 1.99. The number of thioether (sulfide) groups is 1. The number of aromatic nitrogens is 2. The van der Waals surface area contributed by atoms with E-state index in [1.165, 1.54) is 4.90 Å². The topological polar surface area (TPSA) is 45.8 Å². The first-order valence-corrected chi connectivity index (χ1v) is 6.80. The van der Waals surface area contributed by atoms with Crippen LogP contribution in [0, 0.1) is 6.92 Å². The van der Waals surface area contributed by atoms with E-state index in [2.05, 4.69) is 28.6 Å². The van der Waals surface area contributed by atoms with Crippen molar-refractivity contribution in [3.63, 3.8) is 0 Å². The second-order valence-corrected chi connectivity index (χ2v) is 4.72. The second-order valence-electron chi connectivity index (χ2n) is 3.88. The highest BCUT2D eigenvalue weighted by Crippen LogP contribution is 2.21. The Morgan fingerprint density at radius 2 is 2.06 bits per heavy atom. The predicted octanol–water partition coefficient (Wildman–Crippen LogP) is 2.97. The van der Waals surface area contributed by atoms with Crippen LogP contribution >= 0.6 is 11.8 Å². The third-order valence-electron chi connectivity index (χ3n) is 2.60. The number of nitrogens with zero attached hydrogens (tertiary/aromatic N) is 1. The van der Waals surface area contributed by atoms with E-state index in [1.54, 1.807) is 17.8 Å². The summed E-state index contributed by atoms with van der Waals surface area (Å²) >= 11 is 1.71. The molecule has 0 spiro atoms. The van der Waals surface area contributed by atoms with Crippen molar-refractivity contribution < 1.29 is 0 Å². The normalized spacial score (nSPS) is 11.0. The number of H-pyrrole nitrogens is 1. The standard InChI is InChI=1S/C14H14N2OS/c1-10-9-14(17)16-15-12(10)8-7-11-5-3-4-6-13(11)18-2/h3-9H,1-2H3,(H,16,17). The zero-order chi connectivity index (χ0) is 13.0. The van der Waals surface area contributed by atoms with Crippen molar-refractivity contribution in [3.05, 3.63) is 57.5 Å². The largest absolute Gasteiger partial charge is 0.268 e. The summed E-state index contributed by atoms with van der Waals surface area (Å²) in [5.74, 6) is 0. The van der Waals surface area contributed by atoms with Crippen molar-refractivity contribution in [1.29, 1.82) is 0 Å². The van der Waals surface area contributed by atoms with E-state index >= 15 is 0 Å². The number of aryl methyl sites for hydroxylation is 1. The Kier molecular flexibility index (Phi) is 3.99. The Labute approximate surface area is 110 Å². The summed E-state index contributed by atoms with van der Waals surface area (Å²) in [5, 5.41) is 6.46. The number of aromatic amines is 1. The Bertz CT molecular complexity index is 632. The molecule has 0 amide bonds. The molecule has 18 heavy (non-hydrogen) atoms. The summed E-state index contributed by atoms with van der Waals surface area (Å²) in [5.41, 5.74) is 2.63. The molecule has 0 aliphatic heterocycles. The van der Waals surface area contributed by atoms with Crippen LogP contribution in [-0.2, 0) is 0 Å². The van der Waals surface area contributed by atoms with Crippen LogP contribution in [0.2, 0.25) is 0 Å². The van der Waals surface area contributed by atoms with Crippen molar-refractivity contribution in [3.8, 4) is 0 Å². The quantitative estimate of drug-likeness (QED) is 0.861. The lowest BCUT2D eigenvalue weighted by Gasteiger charge is -2.02. The molecule has 0 radical (unpaired) electrons. The molecule has 0 fully saturated rings. The van der Waals surface area contributed by atoms with E-state index in [0.717, 1.165) is 16.8 Å². The molecule has 0 aliphatic carbocycles. The van der Waals surface area contributed by atoms with Crippen molar-refractivity contribution in [2.45, 2.75) is 11.8 Å². The van der Waals surface area contributed by atoms with E-state index in [0.29, 0.717) is 0 Å². The summed E-state index contributed by atoms with van der Waals surface area (Å²) in [4.78, 5) is 12.3. The molecule has 4 heteroatoms. The molecule has 2 aromatic rings. The third kappa shape index (κ3) is 2.90. The summed E-state index contributed by atoms with van der Waals surface area (Å²) < 4.78 is 0. The Hall–Kier alpha value is -1.81. The van der Waals surface area contributed by atoms with Gasteiger partial charge in [-0.3, -0.25) is 4.79 Å². The zero-order valence-corrected chi connectivity index (χ0v) is 11.1. The lowest BCUT2D eigenvalue weighted by atomic mass is 10.1. The average molecular weight is 258 g/mol. The maximum Gasteiger partial charge on any atom is 0.264 e. The molecule has 0 unspecified atom stereocenters. The fourth-order valence-electron chi connectivity index (χ4n) is 1.65. The highest BCUT2D eigenvalue weighted by molar-refractivity contribution is 7.98. The molecular formula is C14H14N2OS. The minimum Gasteiger partial charge on any atom is -0.268 e. The maximum absolute atomic E-state index is 11.1. The van der Waals surface area contributed by atoms with Gasteiger partial charge < -0.3 is 0 Å². The predicted molar refractivity (Wildman–Crippen MR) is 76.7 cm³/mol. The third-order valence-corrected chi connectivity index (χ3v) is 3.41. The van der Waals surface area contributed by atoms with Crippen LogP contribution in [0.25, 0.3) is 12.2 Å². The summed E-state index contributed by atoms with van der Waals surface area (Å²) in [7, 11) is 0. The summed E-state index contributed by atoms with van der Waals surface area (Å²) in [6.07, 6.45) is 5.98. The number of nitrogens with one attached hydrogen (secondary N) is 1. The molecule has 0 bridgehead atoms. The minimum atomic E-state index is -0.172. The van der Waals surface area contributed by atoms with Gasteiger partial charge in [0.15, 0.2) is 0 Å². The van der Waals surface area contributed by atoms with E-state index < -0.39 is 0 Å². The summed E-state index contributed by atoms with van der Waals surface area (Å²) in [6, 6.07) is 9.72. The number of benzene rings is 1. The van der Waals surface area contributed by atoms with Gasteiger partial charge in [0.05, 0.1) is 5.69 Å². The van der Waals surface area contributed by atoms with Gasteiger partial charge in [-0.1, -0.05) is 24.3 Å². The van der Waals surface area contributed by atoms with Gasteiger partial charge in [0, 0.05) is 11.0 Å². The first kappa shape index (κ1) is 12.6. The number of hydrogen-bond acceptors (Lipinski definition) is 3. The van der Waals surface area contributed by atoms with Crippen LogP contribution in [0.3, 0.4) is 0 Å². The van der Waals surface area contributed by atoms with Gasteiger partial charge >= 0.3 is 0 Å². The van der Waals surface area contributed by atoms with Crippen LogP contribution in [0.4, 0.5) is 0 Å². The first-order chi connectivity index (χ1) is 8.70. The Balaban J connectivity index is 2.33. The number of hydrogen-bond donors (Lipinski definition) is 1. The van der Waals surface area contributed by atoms with Gasteiger partial charge in [-0.05, 0) is 36.4 Å². The molecule has 3 nitrogen and oxygen atoms in total. The van der Waals surface area contributed by atoms with Crippen LogP contribution in [-0.4, -0.2) is 16.5 Å². The van der Waals surface area contributed by atoms with Crippen LogP contribution in [0.5, 0.6) is 0 Å². The minimum absolute atomic E-state index is 0.172. The lowest BCUT2D eigenvalue weighted by molar-refractivity contribution is 0.961. The van der Waals surface area contributed by atoms with Gasteiger partial charge in [0.2, 0.25) is 0 Å². The van der Waals surface area contributed by atoms with Gasteiger partial charge in [-0.15, -0.1) is 11.8 Å². The van der Waals surface area contributed by atoms with Crippen molar-refractivity contribution in [2.24, 2.45) is 0 Å². The monoisotopic (exact) mass is 258 g/mol. The van der Waals surface area contributed by atoms with Gasteiger partial charge in [-0.2, -0.15) is 5.10 Å². The number of rotatable bonds is 3. The lowest BCUT2D eigenvalue weighted by Crippen LogP contribution is -2.08. The molecule has 2 rings (SSSR count). The zero-order valence-electron chi connectivity index (χ0n) is 10.3. The van der Waals surface area contributed by atoms with E-state index in [1.807, 2.05) is 31.2 Å². The fraction of sp³-hybridized carbons (Fsp3) is 0.143. The molecule has 92 valence electrons. The van der Waals surface area contributed by atoms with Gasteiger partial charge in [0.1, 0.15) is 0 Å². The highest BCUT2D eigenvalue weighted by atomic mass is 32.2. The van der Waals surface area contributed by atoms with E-state index in [4.69, 9.17) is 0 Å². The van der Waals surface area contributed by atoms with Crippen molar-refractivity contribution >= 4 is 23.9 Å². The molecule has 1 aromatic carbocycles. The smallest absolute Gasteiger partial charge is 0.264 e. The molecule has 0 saturated heterocycles. The molecule has 0 saturated carbocycles. The van der Waals surface area contributed by atoms with Crippen LogP contribution < -0.4 is 5.56 Å². The van der Waals surface area contributed by atoms with E-state index in [9.17, 15) is 4.79 Å². The van der Waals surface area contributed by atoms with Crippen molar-refractivity contribution in [2.75, 3.05) is 6.26 Å². The maximum atomic E-state index is 11.1. The molecular weight excluding hydrogens is 244 g/mol. The average Bonchev–Trinajstić information content (AvgIpc) is 2.38. The van der Waals surface area contributed by atoms with Gasteiger partial charge in [-0.25, -0.2) is 5.10 Å². The van der Waals surface area contributed by atoms with Gasteiger partial charge in [0.25, 0.3) is 5.56 Å². The van der Waals surface area contributed by atoms with Crippen LogP contribution in [0.1, 0.15) is 16.8 Å². The van der Waals surface area contributed by atoms with Crippen LogP contribution in [0.15, 0.2) is 40.0 Å². The molecule has 1 aromatic heterocycles. The second kappa shape index (κ2) is 5.69. The SMILES string of the molecule is CSc1ccccc1C=Cc1n[nH]c(=O)cc1C. The van der Waals surface area contributed by atoms with Crippen molar-refractivity contribution in [1.82, 2.24) is 10.2 Å². The van der Waals surface area contributed by atoms with E-state index in [-0.39, 0.29) is 5.56 Å². The summed E-state index contributed by atoms with van der Waals surface area (Å²) in [6.45, 7) is 1.88. The Morgan fingerprint density at radius 3 is 2.78 bits per heavy atom. The molecule has 1 N–H and O–H groups in total. The molecule has 1 heterocycles.